The Hall–Kier alpha value is -3.59. The molecule has 1 aliphatic heterocycles. The van der Waals surface area contributed by atoms with Crippen LogP contribution in [0.2, 0.25) is 0 Å². The second kappa shape index (κ2) is 9.48. The van der Waals surface area contributed by atoms with Gasteiger partial charge in [0.15, 0.2) is 11.5 Å². The van der Waals surface area contributed by atoms with Crippen LogP contribution >= 0.6 is 11.8 Å². The van der Waals surface area contributed by atoms with E-state index in [2.05, 4.69) is 15.5 Å². The van der Waals surface area contributed by atoms with Gasteiger partial charge in [-0.1, -0.05) is 23.9 Å². The van der Waals surface area contributed by atoms with E-state index in [9.17, 15) is 9.59 Å². The van der Waals surface area contributed by atoms with Gasteiger partial charge < -0.3 is 19.5 Å². The molecular weight excluding hydrogens is 418 g/mol. The van der Waals surface area contributed by atoms with Gasteiger partial charge in [0, 0.05) is 5.56 Å². The van der Waals surface area contributed by atoms with Crippen LogP contribution in [-0.4, -0.2) is 41.2 Å². The molecular formula is C22H19N3O5S. The molecule has 1 aliphatic rings. The highest BCUT2D eigenvalue weighted by Gasteiger charge is 2.16. The van der Waals surface area contributed by atoms with E-state index in [0.717, 1.165) is 5.56 Å². The summed E-state index contributed by atoms with van der Waals surface area (Å²) in [6.07, 6.45) is 0. The first-order valence-corrected chi connectivity index (χ1v) is 10.5. The summed E-state index contributed by atoms with van der Waals surface area (Å²) >= 11 is 1.25. The summed E-state index contributed by atoms with van der Waals surface area (Å²) in [6, 6.07) is 15.9. The van der Waals surface area contributed by atoms with Gasteiger partial charge in [0.25, 0.3) is 0 Å². The van der Waals surface area contributed by atoms with Crippen LogP contribution in [-0.2, 0) is 9.53 Å². The molecule has 2 heterocycles. The quantitative estimate of drug-likeness (QED) is 0.440. The highest BCUT2D eigenvalue weighted by molar-refractivity contribution is 7.99. The Kier molecular flexibility index (Phi) is 6.32. The van der Waals surface area contributed by atoms with E-state index in [1.54, 1.807) is 37.3 Å². The minimum atomic E-state index is -0.476. The zero-order valence-electron chi connectivity index (χ0n) is 16.7. The largest absolute Gasteiger partial charge is 0.462 e. The van der Waals surface area contributed by atoms with E-state index in [0.29, 0.717) is 33.5 Å². The standard InChI is InChI=1S/C22H19N3O5S/c1-2-28-22(27)15-5-3-4-6-17(15)23-20(26)12-31-21-10-8-16(24-25-21)14-7-9-18-19(11-14)30-13-29-18/h3-11H,2,12-13H2,1H3,(H,23,26). The van der Waals surface area contributed by atoms with Crippen LogP contribution in [0.3, 0.4) is 0 Å². The summed E-state index contributed by atoms with van der Waals surface area (Å²) < 4.78 is 15.7. The number of rotatable bonds is 7. The molecule has 0 radical (unpaired) electrons. The van der Waals surface area contributed by atoms with Crippen molar-refractivity contribution in [1.82, 2.24) is 10.2 Å². The van der Waals surface area contributed by atoms with E-state index in [-0.39, 0.29) is 25.1 Å². The summed E-state index contributed by atoms with van der Waals surface area (Å²) in [6.45, 7) is 2.21. The highest BCUT2D eigenvalue weighted by Crippen LogP contribution is 2.35. The lowest BCUT2D eigenvalue weighted by Gasteiger charge is -2.10. The number of ether oxygens (including phenoxy) is 3. The summed E-state index contributed by atoms with van der Waals surface area (Å²) in [4.78, 5) is 24.4. The van der Waals surface area contributed by atoms with Gasteiger partial charge in [-0.3, -0.25) is 4.79 Å². The number of benzene rings is 2. The minimum Gasteiger partial charge on any atom is -0.462 e. The van der Waals surface area contributed by atoms with E-state index in [1.165, 1.54) is 11.8 Å². The fourth-order valence-corrected chi connectivity index (χ4v) is 3.53. The molecule has 9 heteroatoms. The van der Waals surface area contributed by atoms with Gasteiger partial charge in [0.05, 0.1) is 29.3 Å². The zero-order chi connectivity index (χ0) is 21.6. The first kappa shape index (κ1) is 20.7. The summed E-state index contributed by atoms with van der Waals surface area (Å²) in [5.74, 6) is 0.770. The van der Waals surface area contributed by atoms with E-state index < -0.39 is 5.97 Å². The number of hydrogen-bond donors (Lipinski definition) is 1. The Labute approximate surface area is 182 Å². The number of anilines is 1. The molecule has 1 aromatic heterocycles. The second-order valence-electron chi connectivity index (χ2n) is 6.43. The predicted molar refractivity (Wildman–Crippen MR) is 115 cm³/mol. The Balaban J connectivity index is 1.36. The predicted octanol–water partition coefficient (Wildman–Crippen LogP) is 3.78. The Morgan fingerprint density at radius 3 is 2.71 bits per heavy atom. The number of para-hydroxylation sites is 1. The number of thioether (sulfide) groups is 1. The molecule has 0 saturated heterocycles. The maximum Gasteiger partial charge on any atom is 0.340 e. The Morgan fingerprint density at radius 1 is 1.06 bits per heavy atom. The van der Waals surface area contributed by atoms with Gasteiger partial charge in [-0.05, 0) is 49.4 Å². The van der Waals surface area contributed by atoms with Crippen LogP contribution < -0.4 is 14.8 Å². The first-order chi connectivity index (χ1) is 15.1. The number of nitrogens with one attached hydrogen (secondary N) is 1. The molecule has 0 atom stereocenters. The molecule has 31 heavy (non-hydrogen) atoms. The average Bonchev–Trinajstić information content (AvgIpc) is 3.26. The van der Waals surface area contributed by atoms with Gasteiger partial charge in [-0.15, -0.1) is 10.2 Å². The van der Waals surface area contributed by atoms with Gasteiger partial charge >= 0.3 is 5.97 Å². The molecule has 8 nitrogen and oxygen atoms in total. The number of carbonyl (C=O) groups excluding carboxylic acids is 2. The van der Waals surface area contributed by atoms with Crippen LogP contribution in [0.15, 0.2) is 59.6 Å². The molecule has 2 aromatic carbocycles. The van der Waals surface area contributed by atoms with Gasteiger partial charge in [0.1, 0.15) is 5.03 Å². The molecule has 1 N–H and O–H groups in total. The van der Waals surface area contributed by atoms with Crippen molar-refractivity contribution >= 4 is 29.3 Å². The van der Waals surface area contributed by atoms with Crippen LogP contribution in [0, 0.1) is 0 Å². The van der Waals surface area contributed by atoms with Crippen molar-refractivity contribution in [1.29, 1.82) is 0 Å². The van der Waals surface area contributed by atoms with Crippen molar-refractivity contribution in [3.05, 3.63) is 60.2 Å². The number of fused-ring (bicyclic) bond motifs is 1. The molecule has 0 saturated carbocycles. The average molecular weight is 437 g/mol. The van der Waals surface area contributed by atoms with Crippen molar-refractivity contribution in [3.63, 3.8) is 0 Å². The third kappa shape index (κ3) is 4.95. The highest BCUT2D eigenvalue weighted by atomic mass is 32.2. The fourth-order valence-electron chi connectivity index (χ4n) is 2.91. The van der Waals surface area contributed by atoms with Crippen molar-refractivity contribution in [2.45, 2.75) is 11.9 Å². The van der Waals surface area contributed by atoms with E-state index in [4.69, 9.17) is 14.2 Å². The molecule has 0 aliphatic carbocycles. The summed E-state index contributed by atoms with van der Waals surface area (Å²) in [5.41, 5.74) is 2.28. The third-order valence-corrected chi connectivity index (χ3v) is 5.28. The van der Waals surface area contributed by atoms with Gasteiger partial charge in [0.2, 0.25) is 12.7 Å². The SMILES string of the molecule is CCOC(=O)c1ccccc1NC(=O)CSc1ccc(-c2ccc3c(c2)OCO3)nn1. The van der Waals surface area contributed by atoms with Crippen molar-refractivity contribution < 1.29 is 23.8 Å². The lowest BCUT2D eigenvalue weighted by atomic mass is 10.1. The molecule has 0 unspecified atom stereocenters. The second-order valence-corrected chi connectivity index (χ2v) is 7.42. The molecule has 158 valence electrons. The van der Waals surface area contributed by atoms with Gasteiger partial charge in [-0.2, -0.15) is 0 Å². The maximum atomic E-state index is 12.4. The number of amides is 1. The van der Waals surface area contributed by atoms with Crippen molar-refractivity contribution in [2.75, 3.05) is 24.5 Å². The Bertz CT molecular complexity index is 1100. The van der Waals surface area contributed by atoms with Crippen molar-refractivity contribution in [3.8, 4) is 22.8 Å². The monoisotopic (exact) mass is 437 g/mol. The molecule has 3 aromatic rings. The van der Waals surface area contributed by atoms with Crippen LogP contribution in [0.25, 0.3) is 11.3 Å². The van der Waals surface area contributed by atoms with Gasteiger partial charge in [-0.25, -0.2) is 4.79 Å². The van der Waals surface area contributed by atoms with Crippen LogP contribution in [0.5, 0.6) is 11.5 Å². The lowest BCUT2D eigenvalue weighted by molar-refractivity contribution is -0.113. The van der Waals surface area contributed by atoms with E-state index in [1.807, 2.05) is 24.3 Å². The molecule has 0 spiro atoms. The molecule has 0 bridgehead atoms. The molecule has 4 rings (SSSR count). The molecule has 1 amide bonds. The summed E-state index contributed by atoms with van der Waals surface area (Å²) in [5, 5.41) is 11.8. The Morgan fingerprint density at radius 2 is 1.90 bits per heavy atom. The normalized spacial score (nSPS) is 11.8. The first-order valence-electron chi connectivity index (χ1n) is 9.56. The number of hydrogen-bond acceptors (Lipinski definition) is 8. The topological polar surface area (TPSA) is 99.6 Å². The van der Waals surface area contributed by atoms with Crippen LogP contribution in [0.4, 0.5) is 5.69 Å². The smallest absolute Gasteiger partial charge is 0.340 e. The minimum absolute atomic E-state index is 0.120. The van der Waals surface area contributed by atoms with Crippen LogP contribution in [0.1, 0.15) is 17.3 Å². The van der Waals surface area contributed by atoms with E-state index >= 15 is 0 Å². The number of aromatic nitrogens is 2. The maximum absolute atomic E-state index is 12.4. The molecule has 0 fully saturated rings. The fraction of sp³-hybridized carbons (Fsp3) is 0.182. The number of esters is 1. The summed E-state index contributed by atoms with van der Waals surface area (Å²) in [7, 11) is 0. The third-order valence-electron chi connectivity index (χ3n) is 4.36. The zero-order valence-corrected chi connectivity index (χ0v) is 17.5. The lowest BCUT2D eigenvalue weighted by Crippen LogP contribution is -2.17. The van der Waals surface area contributed by atoms with Crippen molar-refractivity contribution in [2.24, 2.45) is 0 Å². The number of carbonyl (C=O) groups is 2. The number of nitrogens with zero attached hydrogens (tertiary/aromatic N) is 2.